The van der Waals surface area contributed by atoms with Gasteiger partial charge < -0.3 is 14.6 Å². The molecule has 6 heteroatoms. The largest absolute Gasteiger partial charge is 0.468 e. The number of esters is 1. The van der Waals surface area contributed by atoms with Gasteiger partial charge in [0.1, 0.15) is 12.4 Å². The molecule has 0 unspecified atom stereocenters. The third-order valence-electron chi connectivity index (χ3n) is 4.20. The van der Waals surface area contributed by atoms with Crippen molar-refractivity contribution in [2.45, 2.75) is 19.9 Å². The van der Waals surface area contributed by atoms with E-state index in [9.17, 15) is 9.59 Å². The molecule has 0 atom stereocenters. The highest BCUT2D eigenvalue weighted by molar-refractivity contribution is 5.94. The number of aryl methyl sites for hydroxylation is 1. The van der Waals surface area contributed by atoms with Gasteiger partial charge in [0, 0.05) is 18.5 Å². The van der Waals surface area contributed by atoms with Gasteiger partial charge >= 0.3 is 5.97 Å². The minimum atomic E-state index is -0.335. The van der Waals surface area contributed by atoms with Crippen LogP contribution in [0.5, 0.6) is 0 Å². The number of carbonyl (C=O) groups is 2. The molecule has 1 heterocycles. The number of amides is 1. The maximum absolute atomic E-state index is 12.2. The molecule has 0 fully saturated rings. The van der Waals surface area contributed by atoms with Gasteiger partial charge in [0.15, 0.2) is 0 Å². The van der Waals surface area contributed by atoms with Crippen molar-refractivity contribution < 1.29 is 14.3 Å². The highest BCUT2D eigenvalue weighted by atomic mass is 16.5. The Labute approximate surface area is 151 Å². The fourth-order valence-corrected chi connectivity index (χ4v) is 2.78. The van der Waals surface area contributed by atoms with Crippen LogP contribution in [0.4, 0.5) is 0 Å². The molecule has 0 aliphatic rings. The number of ether oxygens (including phenoxy) is 1. The number of benzene rings is 2. The number of para-hydroxylation sites is 2. The van der Waals surface area contributed by atoms with Crippen LogP contribution in [0.15, 0.2) is 48.5 Å². The Morgan fingerprint density at radius 3 is 2.58 bits per heavy atom. The van der Waals surface area contributed by atoms with Crippen LogP contribution in [0, 0.1) is 6.92 Å². The molecule has 2 aromatic carbocycles. The molecule has 0 saturated heterocycles. The van der Waals surface area contributed by atoms with Crippen LogP contribution in [0.25, 0.3) is 11.0 Å². The molecule has 3 aromatic rings. The van der Waals surface area contributed by atoms with Crippen LogP contribution in [0.2, 0.25) is 0 Å². The van der Waals surface area contributed by atoms with Crippen LogP contribution in [-0.4, -0.2) is 35.1 Å². The number of aromatic nitrogens is 2. The van der Waals surface area contributed by atoms with Crippen LogP contribution >= 0.6 is 0 Å². The van der Waals surface area contributed by atoms with E-state index in [0.29, 0.717) is 18.5 Å². The second-order valence-corrected chi connectivity index (χ2v) is 6.05. The van der Waals surface area contributed by atoms with Gasteiger partial charge in [-0.05, 0) is 31.2 Å². The minimum absolute atomic E-state index is 0.0955. The quantitative estimate of drug-likeness (QED) is 0.693. The molecule has 0 aliphatic heterocycles. The summed E-state index contributed by atoms with van der Waals surface area (Å²) in [5.41, 5.74) is 3.42. The van der Waals surface area contributed by atoms with E-state index in [-0.39, 0.29) is 18.4 Å². The molecule has 6 nitrogen and oxygen atoms in total. The first kappa shape index (κ1) is 17.7. The third-order valence-corrected chi connectivity index (χ3v) is 4.20. The molecule has 3 rings (SSSR count). The number of nitrogens with one attached hydrogen (secondary N) is 1. The number of imidazole rings is 1. The van der Waals surface area contributed by atoms with Crippen LogP contribution in [0.3, 0.4) is 0 Å². The monoisotopic (exact) mass is 351 g/mol. The smallest absolute Gasteiger partial charge is 0.325 e. The predicted molar refractivity (Wildman–Crippen MR) is 99.0 cm³/mol. The van der Waals surface area contributed by atoms with Crippen molar-refractivity contribution in [1.82, 2.24) is 14.9 Å². The summed E-state index contributed by atoms with van der Waals surface area (Å²) in [6.07, 6.45) is 0.517. The lowest BCUT2D eigenvalue weighted by Crippen LogP contribution is -2.26. The van der Waals surface area contributed by atoms with E-state index >= 15 is 0 Å². The lowest BCUT2D eigenvalue weighted by atomic mass is 10.1. The van der Waals surface area contributed by atoms with Crippen molar-refractivity contribution in [1.29, 1.82) is 0 Å². The standard InChI is InChI=1S/C20H21N3O3/c1-14-7-9-15(10-8-14)20(25)21-12-11-18-22-16-5-3-4-6-17(16)23(18)13-19(24)26-2/h3-10H,11-13H2,1-2H3,(H,21,25). The van der Waals surface area contributed by atoms with Crippen LogP contribution in [0.1, 0.15) is 21.7 Å². The highest BCUT2D eigenvalue weighted by Crippen LogP contribution is 2.16. The third kappa shape index (κ3) is 3.91. The van der Waals surface area contributed by atoms with Crippen LogP contribution < -0.4 is 5.32 Å². The number of hydrogen-bond donors (Lipinski definition) is 1. The van der Waals surface area contributed by atoms with E-state index in [1.807, 2.05) is 47.9 Å². The molecule has 134 valence electrons. The van der Waals surface area contributed by atoms with E-state index in [4.69, 9.17) is 4.74 Å². The molecule has 0 aliphatic carbocycles. The summed E-state index contributed by atoms with van der Waals surface area (Å²) in [5, 5.41) is 2.90. The van der Waals surface area contributed by atoms with E-state index in [0.717, 1.165) is 22.4 Å². The SMILES string of the molecule is COC(=O)Cn1c(CCNC(=O)c2ccc(C)cc2)nc2ccccc21. The number of hydrogen-bond acceptors (Lipinski definition) is 4. The topological polar surface area (TPSA) is 73.2 Å². The number of methoxy groups -OCH3 is 1. The lowest BCUT2D eigenvalue weighted by Gasteiger charge is -2.09. The van der Waals surface area contributed by atoms with Gasteiger partial charge in [-0.25, -0.2) is 4.98 Å². The van der Waals surface area contributed by atoms with E-state index in [2.05, 4.69) is 10.3 Å². The second-order valence-electron chi connectivity index (χ2n) is 6.05. The highest BCUT2D eigenvalue weighted by Gasteiger charge is 2.14. The first-order valence-electron chi connectivity index (χ1n) is 8.44. The summed E-state index contributed by atoms with van der Waals surface area (Å²) >= 11 is 0. The molecule has 0 bridgehead atoms. The molecule has 26 heavy (non-hydrogen) atoms. The number of rotatable bonds is 6. The van der Waals surface area contributed by atoms with Gasteiger partial charge in [-0.2, -0.15) is 0 Å². The van der Waals surface area contributed by atoms with E-state index < -0.39 is 0 Å². The van der Waals surface area contributed by atoms with Crippen molar-refractivity contribution >= 4 is 22.9 Å². The second kappa shape index (κ2) is 7.82. The molecule has 1 amide bonds. The van der Waals surface area contributed by atoms with Crippen molar-refractivity contribution in [3.05, 3.63) is 65.5 Å². The summed E-state index contributed by atoms with van der Waals surface area (Å²) in [6, 6.07) is 15.0. The molecular weight excluding hydrogens is 330 g/mol. The molecule has 0 saturated carbocycles. The van der Waals surface area contributed by atoms with Crippen LogP contribution in [-0.2, 0) is 22.5 Å². The zero-order chi connectivity index (χ0) is 18.5. The summed E-state index contributed by atoms with van der Waals surface area (Å²) in [7, 11) is 1.36. The number of nitrogens with zero attached hydrogens (tertiary/aromatic N) is 2. The maximum atomic E-state index is 12.2. The summed E-state index contributed by atoms with van der Waals surface area (Å²) in [5.74, 6) is 0.277. The van der Waals surface area contributed by atoms with Crippen molar-refractivity contribution in [3.63, 3.8) is 0 Å². The number of carbonyl (C=O) groups excluding carboxylic acids is 2. The molecular formula is C20H21N3O3. The lowest BCUT2D eigenvalue weighted by molar-refractivity contribution is -0.141. The van der Waals surface area contributed by atoms with Gasteiger partial charge in [-0.3, -0.25) is 9.59 Å². The molecule has 0 spiro atoms. The fourth-order valence-electron chi connectivity index (χ4n) is 2.78. The van der Waals surface area contributed by atoms with Crippen molar-refractivity contribution in [2.24, 2.45) is 0 Å². The first-order chi connectivity index (χ1) is 12.6. The van der Waals surface area contributed by atoms with E-state index in [1.165, 1.54) is 7.11 Å². The molecule has 0 radical (unpaired) electrons. The van der Waals surface area contributed by atoms with Gasteiger partial charge in [-0.15, -0.1) is 0 Å². The van der Waals surface area contributed by atoms with E-state index in [1.54, 1.807) is 12.1 Å². The molecule has 1 aromatic heterocycles. The fraction of sp³-hybridized carbons (Fsp3) is 0.250. The Balaban J connectivity index is 1.71. The van der Waals surface area contributed by atoms with Crippen molar-refractivity contribution in [3.8, 4) is 0 Å². The van der Waals surface area contributed by atoms with Gasteiger partial charge in [0.2, 0.25) is 0 Å². The normalized spacial score (nSPS) is 10.7. The first-order valence-corrected chi connectivity index (χ1v) is 8.44. The Kier molecular flexibility index (Phi) is 5.31. The summed E-state index contributed by atoms with van der Waals surface area (Å²) in [4.78, 5) is 28.5. The Hall–Kier alpha value is -3.15. The maximum Gasteiger partial charge on any atom is 0.325 e. The van der Waals surface area contributed by atoms with Gasteiger partial charge in [0.25, 0.3) is 5.91 Å². The Morgan fingerprint density at radius 1 is 1.12 bits per heavy atom. The average molecular weight is 351 g/mol. The zero-order valence-electron chi connectivity index (χ0n) is 14.9. The van der Waals surface area contributed by atoms with Crippen molar-refractivity contribution in [2.75, 3.05) is 13.7 Å². The summed E-state index contributed by atoms with van der Waals surface area (Å²) < 4.78 is 6.61. The Morgan fingerprint density at radius 2 is 1.85 bits per heavy atom. The van der Waals surface area contributed by atoms with Gasteiger partial charge in [0.05, 0.1) is 18.1 Å². The summed E-state index contributed by atoms with van der Waals surface area (Å²) in [6.45, 7) is 2.50. The Bertz CT molecular complexity index is 929. The van der Waals surface area contributed by atoms with Gasteiger partial charge in [-0.1, -0.05) is 29.8 Å². The average Bonchev–Trinajstić information content (AvgIpc) is 2.99. The zero-order valence-corrected chi connectivity index (χ0v) is 14.9. The number of fused-ring (bicyclic) bond motifs is 1. The predicted octanol–water partition coefficient (Wildman–Crippen LogP) is 2.49. The minimum Gasteiger partial charge on any atom is -0.468 e. The molecule has 1 N–H and O–H groups in total.